The van der Waals surface area contributed by atoms with E-state index < -0.39 is 5.54 Å². The number of fused-ring (bicyclic) bond motifs is 5. The summed E-state index contributed by atoms with van der Waals surface area (Å²) in [5, 5.41) is 0. The summed E-state index contributed by atoms with van der Waals surface area (Å²) < 4.78 is 10.9. The normalized spacial score (nSPS) is 48.4. The van der Waals surface area contributed by atoms with Crippen molar-refractivity contribution in [2.75, 3.05) is 7.11 Å². The van der Waals surface area contributed by atoms with Crippen molar-refractivity contribution in [1.82, 2.24) is 0 Å². The first-order valence-electron chi connectivity index (χ1n) is 11.6. The molecule has 0 spiro atoms. The second-order valence-electron chi connectivity index (χ2n) is 10.8. The van der Waals surface area contributed by atoms with Crippen LogP contribution in [0.25, 0.3) is 0 Å². The van der Waals surface area contributed by atoms with Crippen LogP contribution in [0.15, 0.2) is 4.99 Å². The lowest BCUT2D eigenvalue weighted by molar-refractivity contribution is -0.166. The van der Waals surface area contributed by atoms with Crippen LogP contribution >= 0.6 is 22.6 Å². The Morgan fingerprint density at radius 3 is 2.45 bits per heavy atom. The fraction of sp³-hybridized carbons (Fsp3) is 0.875. The molecular weight excluding hydrogens is 509 g/mol. The van der Waals surface area contributed by atoms with Crippen LogP contribution in [0.1, 0.15) is 72.1 Å². The molecule has 4 saturated carbocycles. The zero-order chi connectivity index (χ0) is 22.6. The first-order chi connectivity index (χ1) is 14.6. The molecule has 9 atom stereocenters. The molecule has 31 heavy (non-hydrogen) atoms. The number of ether oxygens (including phenoxy) is 2. The van der Waals surface area contributed by atoms with E-state index in [2.05, 4.69) is 41.4 Å². The van der Waals surface area contributed by atoms with E-state index in [1.165, 1.54) is 14.0 Å². The predicted octanol–water partition coefficient (Wildman–Crippen LogP) is 4.62. The number of alkyl halides is 1. The zero-order valence-electron chi connectivity index (χ0n) is 19.0. The molecule has 0 aliphatic heterocycles. The summed E-state index contributed by atoms with van der Waals surface area (Å²) in [7, 11) is 1.45. The Morgan fingerprint density at radius 2 is 1.81 bits per heavy atom. The number of isocyanates is 1. The monoisotopic (exact) mass is 543 g/mol. The van der Waals surface area contributed by atoms with E-state index >= 15 is 0 Å². The summed E-state index contributed by atoms with van der Waals surface area (Å²) in [6.45, 7) is 6.07. The minimum Gasteiger partial charge on any atom is -0.469 e. The SMILES string of the molecule is COC(=O)[C@H]1CC(I)[C@]2(N=C=O)[C@@H]3CC[C@@H]4C[C@@H](OC(C)=O)CC[C@]4(C)[C@H]3CC[C@]12C. The summed E-state index contributed by atoms with van der Waals surface area (Å²) in [5.41, 5.74) is -0.813. The number of nitrogens with zero attached hydrogens (tertiary/aromatic N) is 1. The van der Waals surface area contributed by atoms with Gasteiger partial charge in [0.2, 0.25) is 6.08 Å². The van der Waals surface area contributed by atoms with Crippen molar-refractivity contribution in [2.24, 2.45) is 39.5 Å². The lowest BCUT2D eigenvalue weighted by Gasteiger charge is -2.64. The van der Waals surface area contributed by atoms with Crippen molar-refractivity contribution in [3.8, 4) is 0 Å². The number of carbonyl (C=O) groups excluding carboxylic acids is 3. The molecule has 4 aliphatic rings. The van der Waals surface area contributed by atoms with E-state index in [-0.39, 0.29) is 44.6 Å². The van der Waals surface area contributed by atoms with E-state index in [0.29, 0.717) is 18.3 Å². The van der Waals surface area contributed by atoms with Gasteiger partial charge in [-0.1, -0.05) is 36.4 Å². The average molecular weight is 543 g/mol. The summed E-state index contributed by atoms with van der Waals surface area (Å²) >= 11 is 2.44. The summed E-state index contributed by atoms with van der Waals surface area (Å²) in [6, 6.07) is 0. The van der Waals surface area contributed by atoms with Crippen LogP contribution in [-0.4, -0.2) is 40.7 Å². The number of methoxy groups -OCH3 is 1. The molecule has 0 aromatic rings. The van der Waals surface area contributed by atoms with Gasteiger partial charge in [0.05, 0.1) is 18.6 Å². The summed E-state index contributed by atoms with van der Waals surface area (Å²) in [4.78, 5) is 40.6. The smallest absolute Gasteiger partial charge is 0.309 e. The first kappa shape index (κ1) is 23.2. The highest BCUT2D eigenvalue weighted by molar-refractivity contribution is 14.1. The lowest BCUT2D eigenvalue weighted by atomic mass is 9.42. The van der Waals surface area contributed by atoms with Gasteiger partial charge in [0.15, 0.2) is 0 Å². The molecule has 4 rings (SSSR count). The van der Waals surface area contributed by atoms with Gasteiger partial charge in [-0.2, -0.15) is 4.99 Å². The molecule has 172 valence electrons. The highest BCUT2D eigenvalue weighted by Crippen LogP contribution is 2.71. The number of halogens is 1. The van der Waals surface area contributed by atoms with Crippen molar-refractivity contribution < 1.29 is 23.9 Å². The van der Waals surface area contributed by atoms with Gasteiger partial charge in [0.1, 0.15) is 6.10 Å². The number of hydrogen-bond acceptors (Lipinski definition) is 6. The number of hydrogen-bond donors (Lipinski definition) is 0. The van der Waals surface area contributed by atoms with Crippen LogP contribution in [0.2, 0.25) is 0 Å². The van der Waals surface area contributed by atoms with Gasteiger partial charge in [0, 0.05) is 16.3 Å². The van der Waals surface area contributed by atoms with Gasteiger partial charge in [-0.05, 0) is 74.5 Å². The molecule has 1 unspecified atom stereocenters. The minimum absolute atomic E-state index is 0.0236. The number of rotatable bonds is 3. The maximum atomic E-state index is 12.7. The first-order valence-corrected chi connectivity index (χ1v) is 12.9. The fourth-order valence-electron chi connectivity index (χ4n) is 8.38. The molecule has 7 heteroatoms. The van der Waals surface area contributed by atoms with Gasteiger partial charge in [-0.3, -0.25) is 9.59 Å². The number of aliphatic imine (C=N–C) groups is 1. The van der Waals surface area contributed by atoms with E-state index in [0.717, 1.165) is 44.9 Å². The Balaban J connectivity index is 1.70. The van der Waals surface area contributed by atoms with Crippen LogP contribution in [0.5, 0.6) is 0 Å². The standard InChI is InChI=1S/C24H34INO5/c1-14(28)31-16-7-9-22(2)15(11-16)5-6-18-17(22)8-10-23(3)19(21(29)30-4)12-20(25)24(18,23)26-13-27/h15-20H,5-12H2,1-4H3/t15-,16+,17+,18-,19-,20?,22+,23-,24-/m1/s1. The van der Waals surface area contributed by atoms with Gasteiger partial charge >= 0.3 is 11.9 Å². The largest absolute Gasteiger partial charge is 0.469 e. The highest BCUT2D eigenvalue weighted by Gasteiger charge is 2.72. The Kier molecular flexibility index (Phi) is 6.08. The fourth-order valence-corrected chi connectivity index (χ4v) is 10.2. The van der Waals surface area contributed by atoms with Crippen molar-refractivity contribution in [3.05, 3.63) is 0 Å². The average Bonchev–Trinajstić information content (AvgIpc) is 2.95. The molecule has 4 aliphatic carbocycles. The van der Waals surface area contributed by atoms with Crippen LogP contribution < -0.4 is 0 Å². The molecule has 0 radical (unpaired) electrons. The minimum atomic E-state index is -0.572. The van der Waals surface area contributed by atoms with Crippen molar-refractivity contribution >= 4 is 40.6 Å². The second kappa shape index (κ2) is 8.12. The van der Waals surface area contributed by atoms with Crippen molar-refractivity contribution in [2.45, 2.75) is 87.7 Å². The lowest BCUT2D eigenvalue weighted by Crippen LogP contribution is -2.64. The molecule has 0 aromatic carbocycles. The maximum Gasteiger partial charge on any atom is 0.309 e. The molecular formula is C24H34INO5. The third-order valence-corrected chi connectivity index (χ3v) is 11.3. The highest BCUT2D eigenvalue weighted by atomic mass is 127. The molecule has 0 aromatic heterocycles. The van der Waals surface area contributed by atoms with E-state index in [4.69, 9.17) is 9.47 Å². The molecule has 6 nitrogen and oxygen atoms in total. The van der Waals surface area contributed by atoms with Gasteiger partial charge in [-0.25, -0.2) is 4.79 Å². The van der Waals surface area contributed by atoms with Gasteiger partial charge in [0.25, 0.3) is 0 Å². The quantitative estimate of drug-likeness (QED) is 0.171. The van der Waals surface area contributed by atoms with Gasteiger partial charge in [-0.15, -0.1) is 0 Å². The molecule has 0 bridgehead atoms. The molecule has 0 amide bonds. The maximum absolute atomic E-state index is 12.7. The van der Waals surface area contributed by atoms with Crippen LogP contribution in [-0.2, 0) is 23.9 Å². The Hall–Kier alpha value is -0.950. The molecule has 0 heterocycles. The topological polar surface area (TPSA) is 82.0 Å². The van der Waals surface area contributed by atoms with Crippen LogP contribution in [0, 0.1) is 34.5 Å². The number of carbonyl (C=O) groups is 2. The molecule has 4 fully saturated rings. The predicted molar refractivity (Wildman–Crippen MR) is 123 cm³/mol. The molecule has 0 N–H and O–H groups in total. The zero-order valence-corrected chi connectivity index (χ0v) is 21.1. The number of esters is 2. The van der Waals surface area contributed by atoms with E-state index in [9.17, 15) is 14.4 Å². The third kappa shape index (κ3) is 3.24. The van der Waals surface area contributed by atoms with Crippen molar-refractivity contribution in [1.29, 1.82) is 0 Å². The van der Waals surface area contributed by atoms with Crippen LogP contribution in [0.3, 0.4) is 0 Å². The Morgan fingerprint density at radius 1 is 1.06 bits per heavy atom. The van der Waals surface area contributed by atoms with E-state index in [1.54, 1.807) is 0 Å². The summed E-state index contributed by atoms with van der Waals surface area (Å²) in [6.07, 6.45) is 9.47. The van der Waals surface area contributed by atoms with E-state index in [1.807, 2.05) is 6.08 Å². The third-order valence-electron chi connectivity index (χ3n) is 9.84. The molecule has 0 saturated heterocycles. The van der Waals surface area contributed by atoms with Crippen LogP contribution in [0.4, 0.5) is 0 Å². The Bertz CT molecular complexity index is 812. The summed E-state index contributed by atoms with van der Waals surface area (Å²) in [5.74, 6) is 0.621. The Labute approximate surface area is 198 Å². The van der Waals surface area contributed by atoms with Gasteiger partial charge < -0.3 is 9.47 Å². The van der Waals surface area contributed by atoms with Crippen molar-refractivity contribution in [3.63, 3.8) is 0 Å². The second-order valence-corrected chi connectivity index (χ2v) is 12.3.